The summed E-state index contributed by atoms with van der Waals surface area (Å²) in [5, 5.41) is 13.3. The van der Waals surface area contributed by atoms with Crippen molar-refractivity contribution in [2.45, 2.75) is 12.5 Å². The predicted molar refractivity (Wildman–Crippen MR) is 57.3 cm³/mol. The van der Waals surface area contributed by atoms with Crippen molar-refractivity contribution in [2.75, 3.05) is 0 Å². The summed E-state index contributed by atoms with van der Waals surface area (Å²) in [5.74, 6) is -0.686. The van der Waals surface area contributed by atoms with Crippen molar-refractivity contribution in [3.63, 3.8) is 0 Å². The van der Waals surface area contributed by atoms with Crippen LogP contribution in [0.2, 0.25) is 5.02 Å². The monoisotopic (exact) mass is 240 g/mol. The topological polar surface area (TPSA) is 93.5 Å². The Morgan fingerprint density at radius 1 is 1.62 bits per heavy atom. The predicted octanol–water partition coefficient (Wildman–Crippen LogP) is 0.337. The highest BCUT2D eigenvalue weighted by atomic mass is 35.5. The van der Waals surface area contributed by atoms with Crippen LogP contribution in [0.4, 0.5) is 0 Å². The fourth-order valence-corrected chi connectivity index (χ4v) is 1.43. The Labute approximate surface area is 95.7 Å². The minimum Gasteiger partial charge on any atom is -0.480 e. The number of carboxylic acid groups (broad SMARTS) is 1. The van der Waals surface area contributed by atoms with Crippen LogP contribution in [-0.2, 0) is 11.2 Å². The molecule has 0 aliphatic heterocycles. The second-order valence-electron chi connectivity index (χ2n) is 3.33. The van der Waals surface area contributed by atoms with Gasteiger partial charge in [0, 0.05) is 12.6 Å². The second kappa shape index (κ2) is 4.07. The van der Waals surface area contributed by atoms with Crippen LogP contribution in [0.25, 0.3) is 5.65 Å². The van der Waals surface area contributed by atoms with Crippen LogP contribution in [0.5, 0.6) is 0 Å². The molecule has 1 atom stereocenters. The van der Waals surface area contributed by atoms with Crippen molar-refractivity contribution in [3.05, 3.63) is 29.2 Å². The molecule has 0 bridgehead atoms. The summed E-state index contributed by atoms with van der Waals surface area (Å²) in [6.45, 7) is 0. The lowest BCUT2D eigenvalue weighted by Gasteiger charge is -2.00. The highest BCUT2D eigenvalue weighted by Crippen LogP contribution is 2.10. The maximum absolute atomic E-state index is 10.6. The van der Waals surface area contributed by atoms with Gasteiger partial charge >= 0.3 is 5.97 Å². The van der Waals surface area contributed by atoms with Crippen molar-refractivity contribution in [1.29, 1.82) is 0 Å². The van der Waals surface area contributed by atoms with Gasteiger partial charge < -0.3 is 10.8 Å². The molecule has 6 nitrogen and oxygen atoms in total. The van der Waals surface area contributed by atoms with E-state index < -0.39 is 12.0 Å². The number of hydrogen-bond donors (Lipinski definition) is 2. The van der Waals surface area contributed by atoms with E-state index in [1.807, 2.05) is 0 Å². The molecule has 0 aliphatic carbocycles. The van der Waals surface area contributed by atoms with Crippen molar-refractivity contribution in [3.8, 4) is 0 Å². The van der Waals surface area contributed by atoms with E-state index in [9.17, 15) is 4.79 Å². The van der Waals surface area contributed by atoms with Crippen molar-refractivity contribution < 1.29 is 9.90 Å². The van der Waals surface area contributed by atoms with E-state index in [2.05, 4.69) is 10.1 Å². The SMILES string of the molecule is NC(Cc1nc2ccc(Cl)cn2n1)C(=O)O. The molecular weight excluding hydrogens is 232 g/mol. The Kier molecular flexibility index (Phi) is 2.76. The molecule has 0 aromatic carbocycles. The zero-order valence-electron chi connectivity index (χ0n) is 8.17. The summed E-state index contributed by atoms with van der Waals surface area (Å²) < 4.78 is 1.49. The summed E-state index contributed by atoms with van der Waals surface area (Å²) in [5.41, 5.74) is 5.99. The van der Waals surface area contributed by atoms with E-state index in [0.29, 0.717) is 16.5 Å². The number of nitrogens with two attached hydrogens (primary N) is 1. The molecule has 1 unspecified atom stereocenters. The molecule has 0 saturated carbocycles. The van der Waals surface area contributed by atoms with Crippen molar-refractivity contribution in [1.82, 2.24) is 14.6 Å². The molecule has 2 aromatic heterocycles. The van der Waals surface area contributed by atoms with E-state index in [0.717, 1.165) is 0 Å². The van der Waals surface area contributed by atoms with Crippen LogP contribution in [0.3, 0.4) is 0 Å². The van der Waals surface area contributed by atoms with Gasteiger partial charge in [0.25, 0.3) is 0 Å². The molecule has 0 fully saturated rings. The van der Waals surface area contributed by atoms with Gasteiger partial charge in [0.15, 0.2) is 11.5 Å². The molecule has 0 aliphatic rings. The zero-order valence-corrected chi connectivity index (χ0v) is 8.92. The maximum atomic E-state index is 10.6. The number of carboxylic acids is 1. The minimum atomic E-state index is -1.07. The molecule has 0 amide bonds. The Balaban J connectivity index is 2.29. The first-order valence-electron chi connectivity index (χ1n) is 4.55. The number of nitrogens with zero attached hydrogens (tertiary/aromatic N) is 3. The zero-order chi connectivity index (χ0) is 11.7. The molecule has 16 heavy (non-hydrogen) atoms. The average molecular weight is 241 g/mol. The molecule has 84 valence electrons. The molecule has 0 spiro atoms. The van der Waals surface area contributed by atoms with Gasteiger partial charge in [-0.2, -0.15) is 5.10 Å². The van der Waals surface area contributed by atoms with Gasteiger partial charge in [0.05, 0.1) is 5.02 Å². The van der Waals surface area contributed by atoms with Crippen molar-refractivity contribution in [2.24, 2.45) is 5.73 Å². The van der Waals surface area contributed by atoms with Crippen LogP contribution in [0.15, 0.2) is 18.3 Å². The van der Waals surface area contributed by atoms with Crippen LogP contribution >= 0.6 is 11.6 Å². The second-order valence-corrected chi connectivity index (χ2v) is 3.76. The highest BCUT2D eigenvalue weighted by Gasteiger charge is 2.15. The third kappa shape index (κ3) is 2.12. The van der Waals surface area contributed by atoms with Gasteiger partial charge in [0.1, 0.15) is 6.04 Å². The molecule has 7 heteroatoms. The first-order chi connectivity index (χ1) is 7.56. The van der Waals surface area contributed by atoms with Gasteiger partial charge in [-0.3, -0.25) is 4.79 Å². The number of aliphatic carboxylic acids is 1. The van der Waals surface area contributed by atoms with E-state index >= 15 is 0 Å². The summed E-state index contributed by atoms with van der Waals surface area (Å²) in [6, 6.07) is 2.39. The normalized spacial score (nSPS) is 12.9. The van der Waals surface area contributed by atoms with Crippen LogP contribution < -0.4 is 5.73 Å². The Morgan fingerprint density at radius 3 is 3.06 bits per heavy atom. The third-order valence-electron chi connectivity index (χ3n) is 2.06. The Hall–Kier alpha value is -1.66. The first-order valence-corrected chi connectivity index (χ1v) is 4.93. The van der Waals surface area contributed by atoms with Crippen LogP contribution in [0, 0.1) is 0 Å². The fraction of sp³-hybridized carbons (Fsp3) is 0.222. The van der Waals surface area contributed by atoms with Crippen LogP contribution in [-0.4, -0.2) is 31.7 Å². The van der Waals surface area contributed by atoms with Gasteiger partial charge in [0.2, 0.25) is 0 Å². The molecule has 3 N–H and O–H groups in total. The van der Waals surface area contributed by atoms with Crippen molar-refractivity contribution >= 4 is 23.2 Å². The summed E-state index contributed by atoms with van der Waals surface area (Å²) in [4.78, 5) is 14.7. The molecule has 0 radical (unpaired) electrons. The largest absolute Gasteiger partial charge is 0.480 e. The molecule has 0 saturated heterocycles. The van der Waals surface area contributed by atoms with E-state index in [-0.39, 0.29) is 6.42 Å². The number of carbonyl (C=O) groups is 1. The lowest BCUT2D eigenvalue weighted by atomic mass is 10.2. The van der Waals surface area contributed by atoms with Gasteiger partial charge in [-0.05, 0) is 12.1 Å². The average Bonchev–Trinajstić information content (AvgIpc) is 2.58. The summed E-state index contributed by atoms with van der Waals surface area (Å²) in [7, 11) is 0. The quantitative estimate of drug-likeness (QED) is 0.807. The van der Waals surface area contributed by atoms with Gasteiger partial charge in [-0.25, -0.2) is 9.50 Å². The highest BCUT2D eigenvalue weighted by molar-refractivity contribution is 6.30. The Morgan fingerprint density at radius 2 is 2.38 bits per heavy atom. The van der Waals surface area contributed by atoms with Gasteiger partial charge in [-0.1, -0.05) is 11.6 Å². The molecular formula is C9H9ClN4O2. The van der Waals surface area contributed by atoms with E-state index in [1.54, 1.807) is 18.3 Å². The lowest BCUT2D eigenvalue weighted by Crippen LogP contribution is -2.32. The number of halogens is 1. The number of aromatic nitrogens is 3. The van der Waals surface area contributed by atoms with E-state index in [4.69, 9.17) is 22.4 Å². The first kappa shape index (κ1) is 10.8. The number of rotatable bonds is 3. The number of hydrogen-bond acceptors (Lipinski definition) is 4. The molecule has 2 aromatic rings. The minimum absolute atomic E-state index is 0.0919. The summed E-state index contributed by atoms with van der Waals surface area (Å²) >= 11 is 5.78. The third-order valence-corrected chi connectivity index (χ3v) is 2.28. The molecule has 2 heterocycles. The summed E-state index contributed by atoms with van der Waals surface area (Å²) in [6.07, 6.45) is 1.69. The Bertz CT molecular complexity index is 539. The fourth-order valence-electron chi connectivity index (χ4n) is 1.27. The van der Waals surface area contributed by atoms with Gasteiger partial charge in [-0.15, -0.1) is 0 Å². The smallest absolute Gasteiger partial charge is 0.320 e. The molecule has 2 rings (SSSR count). The maximum Gasteiger partial charge on any atom is 0.320 e. The standard InChI is InChI=1S/C9H9ClN4O2/c10-5-1-2-8-12-7(13-14(8)4-5)3-6(11)9(15)16/h1-2,4,6H,3,11H2,(H,15,16). The van der Waals surface area contributed by atoms with Crippen LogP contribution in [0.1, 0.15) is 5.82 Å². The number of fused-ring (bicyclic) bond motifs is 1. The lowest BCUT2D eigenvalue weighted by molar-refractivity contribution is -0.138. The number of pyridine rings is 1. The van der Waals surface area contributed by atoms with E-state index in [1.165, 1.54) is 4.52 Å².